The van der Waals surface area contributed by atoms with Crippen LogP contribution in [0.25, 0.3) is 0 Å². The lowest BCUT2D eigenvalue weighted by Crippen LogP contribution is -2.13. The minimum absolute atomic E-state index is 0.187. The first-order valence-electron chi connectivity index (χ1n) is 5.87. The molecule has 1 aliphatic carbocycles. The van der Waals surface area contributed by atoms with Gasteiger partial charge in [-0.05, 0) is 43.5 Å². The molecule has 4 heteroatoms. The van der Waals surface area contributed by atoms with Gasteiger partial charge in [-0.25, -0.2) is 0 Å². The number of hydrogen-bond donors (Lipinski definition) is 1. The van der Waals surface area contributed by atoms with Crippen molar-refractivity contribution in [1.29, 1.82) is 0 Å². The van der Waals surface area contributed by atoms with Gasteiger partial charge in [0.25, 0.3) is 0 Å². The summed E-state index contributed by atoms with van der Waals surface area (Å²) in [6.07, 6.45) is 4.62. The summed E-state index contributed by atoms with van der Waals surface area (Å²) < 4.78 is 1.03. The van der Waals surface area contributed by atoms with E-state index in [1.807, 2.05) is 24.3 Å². The fraction of sp³-hybridized carbons (Fsp3) is 0.385. The molecule has 0 spiro atoms. The Morgan fingerprint density at radius 2 is 1.76 bits per heavy atom. The standard InChI is InChI=1S/C13H15BrN2O/c14-10-6-8-11(9-7-10)15-16-12-4-2-1-3-5-13(12)17/h6-9,15H,1-5H2/b16-12+. The molecule has 1 fully saturated rings. The van der Waals surface area contributed by atoms with E-state index >= 15 is 0 Å². The van der Waals surface area contributed by atoms with Gasteiger partial charge in [-0.15, -0.1) is 0 Å². The van der Waals surface area contributed by atoms with Gasteiger partial charge >= 0.3 is 0 Å². The molecule has 0 aromatic heterocycles. The monoisotopic (exact) mass is 294 g/mol. The number of halogens is 1. The normalized spacial score (nSPS) is 19.1. The highest BCUT2D eigenvalue weighted by Gasteiger charge is 2.14. The molecule has 3 nitrogen and oxygen atoms in total. The number of carbonyl (C=O) groups excluding carboxylic acids is 1. The molecule has 0 saturated heterocycles. The summed E-state index contributed by atoms with van der Waals surface area (Å²) in [6.45, 7) is 0. The Kier molecular flexibility index (Phi) is 4.31. The summed E-state index contributed by atoms with van der Waals surface area (Å²) in [7, 11) is 0. The molecule has 2 rings (SSSR count). The van der Waals surface area contributed by atoms with Crippen LogP contribution in [0.5, 0.6) is 0 Å². The number of hydrazone groups is 1. The molecule has 0 unspecified atom stereocenters. The van der Waals surface area contributed by atoms with Crippen LogP contribution < -0.4 is 5.43 Å². The van der Waals surface area contributed by atoms with Crippen LogP contribution in [0, 0.1) is 0 Å². The second-order valence-corrected chi connectivity index (χ2v) is 5.08. The van der Waals surface area contributed by atoms with Crippen LogP contribution in [-0.2, 0) is 4.79 Å². The van der Waals surface area contributed by atoms with Gasteiger partial charge in [0.05, 0.1) is 5.69 Å². The highest BCUT2D eigenvalue weighted by atomic mass is 79.9. The van der Waals surface area contributed by atoms with E-state index in [1.165, 1.54) is 0 Å². The van der Waals surface area contributed by atoms with Crippen LogP contribution in [0.1, 0.15) is 32.1 Å². The number of anilines is 1. The lowest BCUT2D eigenvalue weighted by Gasteiger charge is -2.03. The number of nitrogens with one attached hydrogen (secondary N) is 1. The average Bonchev–Trinajstić information content (AvgIpc) is 2.54. The minimum Gasteiger partial charge on any atom is -0.293 e. The van der Waals surface area contributed by atoms with E-state index in [9.17, 15) is 4.79 Å². The van der Waals surface area contributed by atoms with Crippen molar-refractivity contribution < 1.29 is 4.79 Å². The van der Waals surface area contributed by atoms with Crippen molar-refractivity contribution in [1.82, 2.24) is 0 Å². The van der Waals surface area contributed by atoms with E-state index in [-0.39, 0.29) is 5.78 Å². The maximum atomic E-state index is 11.7. The molecule has 90 valence electrons. The van der Waals surface area contributed by atoms with Crippen molar-refractivity contribution in [3.8, 4) is 0 Å². The number of Topliss-reactive ketones (excluding diaryl/α,β-unsaturated/α-hetero) is 1. The number of ketones is 1. The molecule has 1 aromatic carbocycles. The molecule has 0 amide bonds. The Morgan fingerprint density at radius 1 is 1.06 bits per heavy atom. The zero-order chi connectivity index (χ0) is 12.1. The zero-order valence-corrected chi connectivity index (χ0v) is 11.2. The van der Waals surface area contributed by atoms with E-state index in [2.05, 4.69) is 26.5 Å². The van der Waals surface area contributed by atoms with Crippen LogP contribution >= 0.6 is 15.9 Å². The summed E-state index contributed by atoms with van der Waals surface area (Å²) in [6, 6.07) is 7.74. The van der Waals surface area contributed by atoms with E-state index in [0.717, 1.165) is 35.8 Å². The summed E-state index contributed by atoms with van der Waals surface area (Å²) in [5.41, 5.74) is 4.53. The van der Waals surface area contributed by atoms with Crippen LogP contribution in [0.4, 0.5) is 5.69 Å². The minimum atomic E-state index is 0.187. The number of nitrogens with zero attached hydrogens (tertiary/aromatic N) is 1. The Hall–Kier alpha value is -1.16. The van der Waals surface area contributed by atoms with Crippen LogP contribution in [-0.4, -0.2) is 11.5 Å². The molecule has 1 aromatic rings. The zero-order valence-electron chi connectivity index (χ0n) is 9.58. The van der Waals surface area contributed by atoms with Crippen molar-refractivity contribution in [3.63, 3.8) is 0 Å². The molecular formula is C13H15BrN2O. The van der Waals surface area contributed by atoms with Crippen molar-refractivity contribution in [2.45, 2.75) is 32.1 Å². The largest absolute Gasteiger partial charge is 0.293 e. The van der Waals surface area contributed by atoms with E-state index in [0.29, 0.717) is 12.1 Å². The number of carbonyl (C=O) groups is 1. The summed E-state index contributed by atoms with van der Waals surface area (Å²) >= 11 is 3.38. The molecule has 1 N–H and O–H groups in total. The predicted octanol–water partition coefficient (Wildman–Crippen LogP) is 3.75. The Bertz CT molecular complexity index is 426. The average molecular weight is 295 g/mol. The van der Waals surface area contributed by atoms with Crippen molar-refractivity contribution >= 4 is 33.1 Å². The first kappa shape index (κ1) is 12.3. The van der Waals surface area contributed by atoms with Crippen LogP contribution in [0.15, 0.2) is 33.8 Å². The molecule has 0 radical (unpaired) electrons. The van der Waals surface area contributed by atoms with E-state index < -0.39 is 0 Å². The summed E-state index contributed by atoms with van der Waals surface area (Å²) in [5, 5.41) is 4.23. The SMILES string of the molecule is O=C1CCCCC/C1=N\Nc1ccc(Br)cc1. The molecule has 0 bridgehead atoms. The summed E-state index contributed by atoms with van der Waals surface area (Å²) in [4.78, 5) is 11.7. The smallest absolute Gasteiger partial charge is 0.178 e. The third kappa shape index (κ3) is 3.66. The van der Waals surface area contributed by atoms with Crippen molar-refractivity contribution in [3.05, 3.63) is 28.7 Å². The summed E-state index contributed by atoms with van der Waals surface area (Å²) in [5.74, 6) is 0.187. The third-order valence-electron chi connectivity index (χ3n) is 2.80. The lowest BCUT2D eigenvalue weighted by molar-refractivity contribution is -0.113. The second kappa shape index (κ2) is 5.96. The lowest BCUT2D eigenvalue weighted by atomic mass is 10.1. The molecule has 0 heterocycles. The highest BCUT2D eigenvalue weighted by Crippen LogP contribution is 2.16. The van der Waals surface area contributed by atoms with E-state index in [4.69, 9.17) is 0 Å². The van der Waals surface area contributed by atoms with Crippen LogP contribution in [0.3, 0.4) is 0 Å². The van der Waals surface area contributed by atoms with Gasteiger partial charge in [0.15, 0.2) is 5.78 Å². The Morgan fingerprint density at radius 3 is 2.53 bits per heavy atom. The maximum absolute atomic E-state index is 11.7. The maximum Gasteiger partial charge on any atom is 0.178 e. The molecule has 0 atom stereocenters. The third-order valence-corrected chi connectivity index (χ3v) is 3.33. The first-order valence-corrected chi connectivity index (χ1v) is 6.66. The predicted molar refractivity (Wildman–Crippen MR) is 73.3 cm³/mol. The second-order valence-electron chi connectivity index (χ2n) is 4.16. The fourth-order valence-electron chi connectivity index (χ4n) is 1.81. The van der Waals surface area contributed by atoms with Gasteiger partial charge in [-0.2, -0.15) is 5.10 Å². The number of hydrogen-bond acceptors (Lipinski definition) is 3. The molecule has 17 heavy (non-hydrogen) atoms. The quantitative estimate of drug-likeness (QED) is 0.667. The Labute approximate surface area is 109 Å². The molecule has 0 aliphatic heterocycles. The molecule has 1 aliphatic rings. The van der Waals surface area contributed by atoms with Gasteiger partial charge in [-0.3, -0.25) is 10.2 Å². The highest BCUT2D eigenvalue weighted by molar-refractivity contribution is 9.10. The molecular weight excluding hydrogens is 280 g/mol. The Balaban J connectivity index is 2.03. The van der Waals surface area contributed by atoms with Gasteiger partial charge in [-0.1, -0.05) is 22.4 Å². The first-order chi connectivity index (χ1) is 8.25. The number of rotatable bonds is 2. The van der Waals surface area contributed by atoms with Gasteiger partial charge in [0, 0.05) is 10.9 Å². The molecule has 1 saturated carbocycles. The van der Waals surface area contributed by atoms with Crippen molar-refractivity contribution in [2.75, 3.05) is 5.43 Å². The van der Waals surface area contributed by atoms with E-state index in [1.54, 1.807) is 0 Å². The van der Waals surface area contributed by atoms with Gasteiger partial charge < -0.3 is 0 Å². The van der Waals surface area contributed by atoms with Gasteiger partial charge in [0.1, 0.15) is 5.71 Å². The topological polar surface area (TPSA) is 41.5 Å². The number of benzene rings is 1. The fourth-order valence-corrected chi connectivity index (χ4v) is 2.08. The van der Waals surface area contributed by atoms with Gasteiger partial charge in [0.2, 0.25) is 0 Å². The van der Waals surface area contributed by atoms with Crippen LogP contribution in [0.2, 0.25) is 0 Å². The van der Waals surface area contributed by atoms with Crippen molar-refractivity contribution in [2.24, 2.45) is 5.10 Å².